The monoisotopic (exact) mass is 308 g/mol. The lowest BCUT2D eigenvalue weighted by Crippen LogP contribution is -2.12. The van der Waals surface area contributed by atoms with Gasteiger partial charge in [0.1, 0.15) is 5.56 Å². The van der Waals surface area contributed by atoms with Crippen LogP contribution in [-0.4, -0.2) is 17.6 Å². The van der Waals surface area contributed by atoms with E-state index >= 15 is 0 Å². The number of nitrogens with zero attached hydrogens (tertiary/aromatic N) is 1. The molecule has 0 spiro atoms. The SMILES string of the molecule is CCOC(=O)c1cnc(CBr)c(C(F)F)c1N. The number of hydrogen-bond acceptors (Lipinski definition) is 4. The smallest absolute Gasteiger partial charge is 0.341 e. The zero-order valence-corrected chi connectivity index (χ0v) is 10.6. The van der Waals surface area contributed by atoms with Crippen molar-refractivity contribution >= 4 is 27.6 Å². The normalized spacial score (nSPS) is 10.6. The molecule has 0 amide bonds. The molecule has 0 unspecified atom stereocenters. The first-order valence-electron chi connectivity index (χ1n) is 4.81. The molecule has 1 rings (SSSR count). The first-order chi connectivity index (χ1) is 8.02. The number of halogens is 3. The molecule has 1 heterocycles. The Morgan fingerprint density at radius 1 is 1.65 bits per heavy atom. The average Bonchev–Trinajstić information content (AvgIpc) is 2.27. The summed E-state index contributed by atoms with van der Waals surface area (Å²) in [6.07, 6.45) is -1.64. The van der Waals surface area contributed by atoms with Crippen LogP contribution in [0.1, 0.15) is 35.0 Å². The van der Waals surface area contributed by atoms with Gasteiger partial charge in [0.05, 0.1) is 23.6 Å². The second-order valence-corrected chi connectivity index (χ2v) is 3.66. The van der Waals surface area contributed by atoms with Crippen molar-refractivity contribution in [3.05, 3.63) is 23.0 Å². The number of anilines is 1. The number of hydrogen-bond donors (Lipinski definition) is 1. The van der Waals surface area contributed by atoms with Crippen molar-refractivity contribution in [2.24, 2.45) is 0 Å². The Bertz CT molecular complexity index is 427. The fraction of sp³-hybridized carbons (Fsp3) is 0.400. The highest BCUT2D eigenvalue weighted by Crippen LogP contribution is 2.31. The number of alkyl halides is 3. The van der Waals surface area contributed by atoms with Crippen molar-refractivity contribution in [3.8, 4) is 0 Å². The quantitative estimate of drug-likeness (QED) is 0.686. The Kier molecular flexibility index (Phi) is 4.80. The van der Waals surface area contributed by atoms with Gasteiger partial charge in [0.2, 0.25) is 0 Å². The topological polar surface area (TPSA) is 65.2 Å². The fourth-order valence-corrected chi connectivity index (χ4v) is 1.75. The Morgan fingerprint density at radius 3 is 2.76 bits per heavy atom. The molecule has 0 atom stereocenters. The summed E-state index contributed by atoms with van der Waals surface area (Å²) in [6, 6.07) is 0. The molecular formula is C10H11BrF2N2O2. The second kappa shape index (κ2) is 5.90. The highest BCUT2D eigenvalue weighted by atomic mass is 79.9. The number of ether oxygens (including phenoxy) is 1. The number of carbonyl (C=O) groups is 1. The van der Waals surface area contributed by atoms with Gasteiger partial charge in [0.15, 0.2) is 0 Å². The third kappa shape index (κ3) is 2.91. The lowest BCUT2D eigenvalue weighted by Gasteiger charge is -2.12. The zero-order valence-electron chi connectivity index (χ0n) is 9.04. The standard InChI is InChI=1S/C10H11BrF2N2O2/c1-2-17-10(16)5-4-15-6(3-11)7(8(5)14)9(12)13/h4,9H,2-3H2,1H3,(H2,14,15). The maximum atomic E-state index is 12.8. The van der Waals surface area contributed by atoms with Gasteiger partial charge in [0.25, 0.3) is 6.43 Å². The van der Waals surface area contributed by atoms with E-state index in [9.17, 15) is 13.6 Å². The summed E-state index contributed by atoms with van der Waals surface area (Å²) in [4.78, 5) is 15.2. The van der Waals surface area contributed by atoms with Gasteiger partial charge in [-0.15, -0.1) is 0 Å². The third-order valence-corrected chi connectivity index (χ3v) is 2.61. The molecule has 0 aliphatic rings. The van der Waals surface area contributed by atoms with Crippen molar-refractivity contribution in [1.82, 2.24) is 4.98 Å². The maximum Gasteiger partial charge on any atom is 0.341 e. The number of nitrogens with two attached hydrogens (primary N) is 1. The van der Waals surface area contributed by atoms with Gasteiger partial charge in [-0.2, -0.15) is 0 Å². The number of esters is 1. The first kappa shape index (κ1) is 13.8. The number of pyridine rings is 1. The molecule has 7 heteroatoms. The van der Waals surface area contributed by atoms with Crippen molar-refractivity contribution in [2.45, 2.75) is 18.7 Å². The van der Waals surface area contributed by atoms with Crippen molar-refractivity contribution < 1.29 is 18.3 Å². The van der Waals surface area contributed by atoms with Gasteiger partial charge in [-0.1, -0.05) is 15.9 Å². The van der Waals surface area contributed by atoms with E-state index in [1.165, 1.54) is 0 Å². The molecule has 0 aliphatic heterocycles. The van der Waals surface area contributed by atoms with Crippen LogP contribution in [0.5, 0.6) is 0 Å². The Balaban J connectivity index is 3.27. The van der Waals surface area contributed by atoms with Crippen molar-refractivity contribution in [3.63, 3.8) is 0 Å². The molecule has 17 heavy (non-hydrogen) atoms. The average molecular weight is 309 g/mol. The number of rotatable bonds is 4. The Hall–Kier alpha value is -1.24. The minimum Gasteiger partial charge on any atom is -0.462 e. The molecule has 4 nitrogen and oxygen atoms in total. The maximum absolute atomic E-state index is 12.8. The van der Waals surface area contributed by atoms with E-state index in [0.29, 0.717) is 0 Å². The van der Waals surface area contributed by atoms with Crippen LogP contribution in [0.25, 0.3) is 0 Å². The molecule has 2 N–H and O–H groups in total. The van der Waals surface area contributed by atoms with E-state index in [0.717, 1.165) is 6.20 Å². The molecule has 94 valence electrons. The van der Waals surface area contributed by atoms with Crippen LogP contribution in [-0.2, 0) is 10.1 Å². The van der Waals surface area contributed by atoms with Gasteiger partial charge in [0, 0.05) is 11.5 Å². The molecule has 0 saturated heterocycles. The molecule has 1 aromatic rings. The van der Waals surface area contributed by atoms with Crippen LogP contribution in [0.4, 0.5) is 14.5 Å². The molecule has 0 aliphatic carbocycles. The molecule has 1 aromatic heterocycles. The van der Waals surface area contributed by atoms with Gasteiger partial charge in [-0.05, 0) is 6.92 Å². The van der Waals surface area contributed by atoms with Crippen LogP contribution in [0.2, 0.25) is 0 Å². The van der Waals surface area contributed by atoms with Gasteiger partial charge >= 0.3 is 5.97 Å². The van der Waals surface area contributed by atoms with E-state index in [1.54, 1.807) is 6.92 Å². The molecular weight excluding hydrogens is 298 g/mol. The fourth-order valence-electron chi connectivity index (χ4n) is 1.30. The van der Waals surface area contributed by atoms with E-state index < -0.39 is 18.0 Å². The lowest BCUT2D eigenvalue weighted by atomic mass is 10.1. The first-order valence-corrected chi connectivity index (χ1v) is 5.93. The molecule has 0 fully saturated rings. The lowest BCUT2D eigenvalue weighted by molar-refractivity contribution is 0.0526. The molecule has 0 bridgehead atoms. The third-order valence-electron chi connectivity index (χ3n) is 2.08. The number of aromatic nitrogens is 1. The van der Waals surface area contributed by atoms with E-state index in [-0.39, 0.29) is 28.9 Å². The number of carbonyl (C=O) groups excluding carboxylic acids is 1. The van der Waals surface area contributed by atoms with Crippen LogP contribution >= 0.6 is 15.9 Å². The Labute approximate surface area is 105 Å². The van der Waals surface area contributed by atoms with Crippen molar-refractivity contribution in [2.75, 3.05) is 12.3 Å². The van der Waals surface area contributed by atoms with E-state index in [2.05, 4.69) is 20.9 Å². The van der Waals surface area contributed by atoms with E-state index in [1.807, 2.05) is 0 Å². The summed E-state index contributed by atoms with van der Waals surface area (Å²) in [6.45, 7) is 1.75. The minimum absolute atomic E-state index is 0.116. The van der Waals surface area contributed by atoms with E-state index in [4.69, 9.17) is 10.5 Å². The Morgan fingerprint density at radius 2 is 2.29 bits per heavy atom. The summed E-state index contributed by atoms with van der Waals surface area (Å²) in [5, 5.41) is 0.139. The predicted octanol–water partition coefficient (Wildman–Crippen LogP) is 2.67. The minimum atomic E-state index is -2.79. The summed E-state index contributed by atoms with van der Waals surface area (Å²) >= 11 is 3.04. The highest BCUT2D eigenvalue weighted by Gasteiger charge is 2.23. The van der Waals surface area contributed by atoms with Crippen LogP contribution in [0.15, 0.2) is 6.20 Å². The van der Waals surface area contributed by atoms with Crippen molar-refractivity contribution in [1.29, 1.82) is 0 Å². The molecule has 0 saturated carbocycles. The summed E-state index contributed by atoms with van der Waals surface area (Å²) in [7, 11) is 0. The number of nitrogen functional groups attached to an aromatic ring is 1. The summed E-state index contributed by atoms with van der Waals surface area (Å²) in [5.41, 5.74) is 4.84. The molecule has 0 aromatic carbocycles. The van der Waals surface area contributed by atoms with Crippen LogP contribution < -0.4 is 5.73 Å². The highest BCUT2D eigenvalue weighted by molar-refractivity contribution is 9.08. The summed E-state index contributed by atoms with van der Waals surface area (Å²) in [5.74, 6) is -0.750. The van der Waals surface area contributed by atoms with Gasteiger partial charge < -0.3 is 10.5 Å². The summed E-state index contributed by atoms with van der Waals surface area (Å²) < 4.78 is 30.3. The second-order valence-electron chi connectivity index (χ2n) is 3.10. The largest absolute Gasteiger partial charge is 0.462 e. The predicted molar refractivity (Wildman–Crippen MR) is 62.2 cm³/mol. The van der Waals surface area contributed by atoms with Gasteiger partial charge in [-0.25, -0.2) is 13.6 Å². The van der Waals surface area contributed by atoms with Crippen LogP contribution in [0, 0.1) is 0 Å². The zero-order chi connectivity index (χ0) is 13.0. The molecule has 0 radical (unpaired) electrons. The van der Waals surface area contributed by atoms with Gasteiger partial charge in [-0.3, -0.25) is 4.98 Å². The van der Waals surface area contributed by atoms with Crippen LogP contribution in [0.3, 0.4) is 0 Å².